The van der Waals surface area contributed by atoms with Crippen molar-refractivity contribution in [3.05, 3.63) is 48.5 Å². The molecule has 0 fully saturated rings. The molecule has 0 spiro atoms. The van der Waals surface area contributed by atoms with Crippen LogP contribution >= 0.6 is 0 Å². The lowest BCUT2D eigenvalue weighted by Gasteiger charge is -2.10. The third kappa shape index (κ3) is 6.58. The van der Waals surface area contributed by atoms with Crippen LogP contribution in [-0.2, 0) is 9.84 Å². The lowest BCUT2D eigenvalue weighted by molar-refractivity contribution is 0.289. The molecule has 27 heavy (non-hydrogen) atoms. The summed E-state index contributed by atoms with van der Waals surface area (Å²) >= 11 is 0. The minimum absolute atomic E-state index is 0.257. The summed E-state index contributed by atoms with van der Waals surface area (Å²) in [6.45, 7) is 9.81. The molecule has 0 heterocycles. The predicted molar refractivity (Wildman–Crippen MR) is 108 cm³/mol. The van der Waals surface area contributed by atoms with Gasteiger partial charge in [0.05, 0.1) is 23.0 Å². The fraction of sp³-hybridized carbons (Fsp3) is 0.455. The van der Waals surface area contributed by atoms with Crippen molar-refractivity contribution in [2.45, 2.75) is 50.3 Å². The van der Waals surface area contributed by atoms with Gasteiger partial charge in [-0.25, -0.2) is 8.42 Å². The molecule has 0 unspecified atom stereocenters. The first-order valence-corrected chi connectivity index (χ1v) is 11.0. The Morgan fingerprint density at radius 3 is 1.30 bits per heavy atom. The minimum atomic E-state index is -3.55. The zero-order valence-electron chi connectivity index (χ0n) is 16.6. The molecular formula is C22H30O4S. The second-order valence-electron chi connectivity index (χ2n) is 7.51. The van der Waals surface area contributed by atoms with Crippen LogP contribution in [0.3, 0.4) is 0 Å². The van der Waals surface area contributed by atoms with Crippen molar-refractivity contribution >= 4 is 9.84 Å². The van der Waals surface area contributed by atoms with E-state index in [0.717, 1.165) is 12.8 Å². The van der Waals surface area contributed by atoms with Gasteiger partial charge in [-0.05, 0) is 73.2 Å². The van der Waals surface area contributed by atoms with Gasteiger partial charge in [0.1, 0.15) is 11.5 Å². The van der Waals surface area contributed by atoms with Crippen molar-refractivity contribution in [2.24, 2.45) is 11.8 Å². The number of ether oxygens (including phenoxy) is 2. The summed E-state index contributed by atoms with van der Waals surface area (Å²) in [4.78, 5) is 0.513. The summed E-state index contributed by atoms with van der Waals surface area (Å²) in [6.07, 6.45) is 1.93. The van der Waals surface area contributed by atoms with Gasteiger partial charge in [-0.2, -0.15) is 0 Å². The van der Waals surface area contributed by atoms with E-state index in [2.05, 4.69) is 27.7 Å². The molecule has 2 aromatic carbocycles. The van der Waals surface area contributed by atoms with Crippen molar-refractivity contribution < 1.29 is 17.9 Å². The summed E-state index contributed by atoms with van der Waals surface area (Å²) in [5, 5.41) is 0. The van der Waals surface area contributed by atoms with E-state index in [1.807, 2.05) is 0 Å². The molecule has 0 N–H and O–H groups in total. The molecule has 0 aliphatic rings. The van der Waals surface area contributed by atoms with Crippen LogP contribution in [0, 0.1) is 11.8 Å². The highest BCUT2D eigenvalue weighted by Crippen LogP contribution is 2.25. The van der Waals surface area contributed by atoms with Gasteiger partial charge in [0, 0.05) is 0 Å². The van der Waals surface area contributed by atoms with Crippen molar-refractivity contribution in [2.75, 3.05) is 13.2 Å². The van der Waals surface area contributed by atoms with Crippen LogP contribution in [0.4, 0.5) is 0 Å². The zero-order chi connectivity index (χ0) is 19.9. The normalized spacial score (nSPS) is 11.8. The van der Waals surface area contributed by atoms with Crippen LogP contribution in [0.2, 0.25) is 0 Å². The highest BCUT2D eigenvalue weighted by molar-refractivity contribution is 7.91. The van der Waals surface area contributed by atoms with E-state index in [1.165, 1.54) is 0 Å². The van der Waals surface area contributed by atoms with Crippen LogP contribution < -0.4 is 9.47 Å². The Balaban J connectivity index is 2.02. The van der Waals surface area contributed by atoms with Gasteiger partial charge in [-0.15, -0.1) is 0 Å². The molecule has 0 bridgehead atoms. The van der Waals surface area contributed by atoms with Crippen molar-refractivity contribution in [3.8, 4) is 11.5 Å². The Morgan fingerprint density at radius 2 is 1.00 bits per heavy atom. The molecule has 0 aliphatic heterocycles. The second kappa shape index (κ2) is 9.79. The Kier molecular flexibility index (Phi) is 7.72. The van der Waals surface area contributed by atoms with Crippen LogP contribution in [-0.4, -0.2) is 21.6 Å². The van der Waals surface area contributed by atoms with E-state index in [-0.39, 0.29) is 9.79 Å². The Labute approximate surface area is 163 Å². The Hall–Kier alpha value is -2.01. The molecule has 0 saturated heterocycles. The number of hydrogen-bond donors (Lipinski definition) is 0. The van der Waals surface area contributed by atoms with Crippen LogP contribution in [0.25, 0.3) is 0 Å². The number of sulfone groups is 1. The van der Waals surface area contributed by atoms with Crippen molar-refractivity contribution in [3.63, 3.8) is 0 Å². The quantitative estimate of drug-likeness (QED) is 0.547. The molecule has 4 nitrogen and oxygen atoms in total. The maximum absolute atomic E-state index is 12.8. The molecular weight excluding hydrogens is 360 g/mol. The standard InChI is InChI=1S/C22H30O4S/c1-17(2)13-15-25-19-5-9-21(10-6-19)27(23,24)22-11-7-20(8-12-22)26-16-14-18(3)4/h5-12,17-18H,13-16H2,1-4H3. The predicted octanol–water partition coefficient (Wildman–Crippen LogP) is 5.37. The average molecular weight is 391 g/mol. The van der Waals surface area contributed by atoms with E-state index in [4.69, 9.17) is 9.47 Å². The minimum Gasteiger partial charge on any atom is -0.494 e. The third-order valence-electron chi connectivity index (χ3n) is 4.20. The summed E-state index contributed by atoms with van der Waals surface area (Å²) in [5.41, 5.74) is 0. The van der Waals surface area contributed by atoms with Gasteiger partial charge in [-0.1, -0.05) is 27.7 Å². The van der Waals surface area contributed by atoms with Gasteiger partial charge < -0.3 is 9.47 Å². The van der Waals surface area contributed by atoms with Crippen LogP contribution in [0.15, 0.2) is 58.3 Å². The highest BCUT2D eigenvalue weighted by Gasteiger charge is 2.17. The number of rotatable bonds is 10. The molecule has 2 rings (SSSR count). The monoisotopic (exact) mass is 390 g/mol. The van der Waals surface area contributed by atoms with Gasteiger partial charge >= 0.3 is 0 Å². The Bertz CT molecular complexity index is 728. The molecule has 0 saturated carbocycles. The van der Waals surface area contributed by atoms with Gasteiger partial charge in [0.2, 0.25) is 9.84 Å². The van der Waals surface area contributed by atoms with Gasteiger partial charge in [0.25, 0.3) is 0 Å². The zero-order valence-corrected chi connectivity index (χ0v) is 17.5. The van der Waals surface area contributed by atoms with E-state index in [0.29, 0.717) is 36.5 Å². The molecule has 0 radical (unpaired) electrons. The second-order valence-corrected chi connectivity index (χ2v) is 9.46. The topological polar surface area (TPSA) is 52.6 Å². The van der Waals surface area contributed by atoms with Gasteiger partial charge in [0.15, 0.2) is 0 Å². The lowest BCUT2D eigenvalue weighted by Crippen LogP contribution is -2.04. The van der Waals surface area contributed by atoms with E-state index in [1.54, 1.807) is 48.5 Å². The van der Waals surface area contributed by atoms with Crippen molar-refractivity contribution in [1.82, 2.24) is 0 Å². The summed E-state index contributed by atoms with van der Waals surface area (Å²) in [7, 11) is -3.55. The van der Waals surface area contributed by atoms with Gasteiger partial charge in [-0.3, -0.25) is 0 Å². The number of hydrogen-bond acceptors (Lipinski definition) is 4. The first kappa shape index (κ1) is 21.3. The molecule has 0 aromatic heterocycles. The maximum Gasteiger partial charge on any atom is 0.206 e. The smallest absolute Gasteiger partial charge is 0.206 e. The molecule has 0 atom stereocenters. The lowest BCUT2D eigenvalue weighted by atomic mass is 10.1. The van der Waals surface area contributed by atoms with E-state index < -0.39 is 9.84 Å². The highest BCUT2D eigenvalue weighted by atomic mass is 32.2. The maximum atomic E-state index is 12.8. The van der Waals surface area contributed by atoms with Crippen LogP contribution in [0.5, 0.6) is 11.5 Å². The summed E-state index contributed by atoms with van der Waals surface area (Å²) in [5.74, 6) is 2.51. The summed E-state index contributed by atoms with van der Waals surface area (Å²) in [6, 6.07) is 13.2. The third-order valence-corrected chi connectivity index (χ3v) is 5.98. The summed E-state index contributed by atoms with van der Waals surface area (Å²) < 4.78 is 36.9. The van der Waals surface area contributed by atoms with E-state index >= 15 is 0 Å². The van der Waals surface area contributed by atoms with Crippen molar-refractivity contribution in [1.29, 1.82) is 0 Å². The average Bonchev–Trinajstić information content (AvgIpc) is 2.62. The Morgan fingerprint density at radius 1 is 0.667 bits per heavy atom. The first-order valence-electron chi connectivity index (χ1n) is 9.50. The largest absolute Gasteiger partial charge is 0.494 e. The molecule has 5 heteroatoms. The molecule has 0 amide bonds. The number of benzene rings is 2. The molecule has 148 valence electrons. The van der Waals surface area contributed by atoms with E-state index in [9.17, 15) is 8.42 Å². The first-order chi connectivity index (χ1) is 12.8. The SMILES string of the molecule is CC(C)CCOc1ccc(S(=O)(=O)c2ccc(OCCC(C)C)cc2)cc1. The van der Waals surface area contributed by atoms with Crippen LogP contribution in [0.1, 0.15) is 40.5 Å². The fourth-order valence-corrected chi connectivity index (χ4v) is 3.65. The molecule has 0 aliphatic carbocycles. The molecule has 2 aromatic rings. The fourth-order valence-electron chi connectivity index (χ4n) is 2.39.